The van der Waals surface area contributed by atoms with Crippen LogP contribution < -0.4 is 10.6 Å². The number of carbonyl (C=O) groups excluding carboxylic acids is 3. The van der Waals surface area contributed by atoms with E-state index in [1.54, 1.807) is 12.1 Å². The molecule has 1 saturated carbocycles. The minimum absolute atomic E-state index is 0.0510. The lowest BCUT2D eigenvalue weighted by Crippen LogP contribution is -2.71. The first-order valence-electron chi connectivity index (χ1n) is 18.1. The van der Waals surface area contributed by atoms with Crippen molar-refractivity contribution in [3.63, 3.8) is 0 Å². The smallest absolute Gasteiger partial charge is 0.327 e. The summed E-state index contributed by atoms with van der Waals surface area (Å²) in [6, 6.07) is 20.3. The SMILES string of the molecule is C[C@H](O)[C@@H](NC(=O)[C@@]12C[C@H]3OC(=O)[C@@H]1N(Cc1ccc(C=CCc4ccccc4O)cc1)O[C@@H]2[C@H]1OC2(Cc4ccccc4C2)O[C@H]13)C(=O)NCCO. The molecule has 2 aliphatic carbocycles. The molecule has 278 valence electrons. The maximum absolute atomic E-state index is 14.7. The number of rotatable bonds is 11. The number of fused-ring (bicyclic) bond motifs is 5. The molecule has 8 rings (SSSR count). The average Bonchev–Trinajstić information content (AvgIpc) is 3.82. The second kappa shape index (κ2) is 14.0. The molecule has 1 spiro atoms. The Morgan fingerprint density at radius 1 is 1.00 bits per heavy atom. The molecule has 3 saturated heterocycles. The fourth-order valence-electron chi connectivity index (χ4n) is 8.65. The molecule has 2 bridgehead atoms. The van der Waals surface area contributed by atoms with Crippen LogP contribution in [-0.2, 0) is 59.2 Å². The van der Waals surface area contributed by atoms with Crippen molar-refractivity contribution in [2.75, 3.05) is 13.2 Å². The van der Waals surface area contributed by atoms with E-state index >= 15 is 0 Å². The number of hydrogen-bond donors (Lipinski definition) is 5. The van der Waals surface area contributed by atoms with Gasteiger partial charge in [-0.2, -0.15) is 5.06 Å². The Hall–Kier alpha value is -4.63. The molecule has 0 unspecified atom stereocenters. The van der Waals surface area contributed by atoms with Crippen LogP contribution in [0, 0.1) is 5.41 Å². The van der Waals surface area contributed by atoms with Crippen LogP contribution in [0.3, 0.4) is 0 Å². The van der Waals surface area contributed by atoms with E-state index in [1.165, 1.54) is 12.0 Å². The Balaban J connectivity index is 1.08. The van der Waals surface area contributed by atoms with Crippen LogP contribution in [0.4, 0.5) is 0 Å². The van der Waals surface area contributed by atoms with Crippen LogP contribution in [0.15, 0.2) is 78.9 Å². The van der Waals surface area contributed by atoms with Gasteiger partial charge in [0.1, 0.15) is 41.6 Å². The number of carbonyl (C=O) groups is 3. The molecule has 13 heteroatoms. The normalized spacial score (nSPS) is 29.0. The van der Waals surface area contributed by atoms with Crippen molar-refractivity contribution in [3.05, 3.63) is 107 Å². The summed E-state index contributed by atoms with van der Waals surface area (Å²) in [6.45, 7) is 1.12. The number of phenols is 1. The average molecular weight is 726 g/mol. The van der Waals surface area contributed by atoms with Crippen molar-refractivity contribution in [2.24, 2.45) is 5.41 Å². The van der Waals surface area contributed by atoms with Gasteiger partial charge in [0.2, 0.25) is 11.8 Å². The van der Waals surface area contributed by atoms with E-state index in [2.05, 4.69) is 10.6 Å². The molecule has 5 N–H and O–H groups in total. The highest BCUT2D eigenvalue weighted by atomic mass is 16.8. The molecule has 8 atom stereocenters. The molecule has 3 aliphatic heterocycles. The molecular weight excluding hydrogens is 682 g/mol. The zero-order valence-corrected chi connectivity index (χ0v) is 29.2. The van der Waals surface area contributed by atoms with Gasteiger partial charge in [-0.25, -0.2) is 0 Å². The molecule has 0 aromatic heterocycles. The number of benzene rings is 3. The predicted molar refractivity (Wildman–Crippen MR) is 188 cm³/mol. The van der Waals surface area contributed by atoms with Gasteiger partial charge >= 0.3 is 5.97 Å². The number of amides is 2. The summed E-state index contributed by atoms with van der Waals surface area (Å²) in [5.41, 5.74) is 3.19. The summed E-state index contributed by atoms with van der Waals surface area (Å²) in [5.74, 6) is -2.76. The zero-order valence-electron chi connectivity index (χ0n) is 29.2. The highest BCUT2D eigenvalue weighted by molar-refractivity contribution is 5.96. The largest absolute Gasteiger partial charge is 0.508 e. The molecule has 53 heavy (non-hydrogen) atoms. The maximum Gasteiger partial charge on any atom is 0.327 e. The van der Waals surface area contributed by atoms with Gasteiger partial charge in [-0.05, 0) is 47.2 Å². The lowest BCUT2D eigenvalue weighted by atomic mass is 9.62. The number of hydrogen-bond acceptors (Lipinski definition) is 11. The van der Waals surface area contributed by atoms with Gasteiger partial charge in [0.15, 0.2) is 11.8 Å². The van der Waals surface area contributed by atoms with Crippen molar-refractivity contribution in [2.45, 2.75) is 87.5 Å². The van der Waals surface area contributed by atoms with Gasteiger partial charge in [0.25, 0.3) is 0 Å². The number of aliphatic hydroxyl groups excluding tert-OH is 2. The van der Waals surface area contributed by atoms with E-state index in [4.69, 9.17) is 19.0 Å². The quantitative estimate of drug-likeness (QED) is 0.182. The minimum Gasteiger partial charge on any atom is -0.508 e. The summed E-state index contributed by atoms with van der Waals surface area (Å²) < 4.78 is 19.5. The lowest BCUT2D eigenvalue weighted by molar-refractivity contribution is -0.217. The van der Waals surface area contributed by atoms with Crippen LogP contribution >= 0.6 is 0 Å². The van der Waals surface area contributed by atoms with Gasteiger partial charge in [0.05, 0.1) is 19.3 Å². The number of aromatic hydroxyl groups is 1. The van der Waals surface area contributed by atoms with Crippen molar-refractivity contribution in [1.82, 2.24) is 15.7 Å². The molecule has 5 aliphatic rings. The van der Waals surface area contributed by atoms with Crippen LogP contribution in [0.2, 0.25) is 0 Å². The highest BCUT2D eigenvalue weighted by Crippen LogP contribution is 2.58. The topological polar surface area (TPSA) is 176 Å². The van der Waals surface area contributed by atoms with Gasteiger partial charge in [-0.15, -0.1) is 0 Å². The van der Waals surface area contributed by atoms with E-state index in [-0.39, 0.29) is 31.9 Å². The summed E-state index contributed by atoms with van der Waals surface area (Å²) >= 11 is 0. The number of aliphatic hydroxyl groups is 2. The third kappa shape index (κ3) is 6.30. The van der Waals surface area contributed by atoms with Gasteiger partial charge in [-0.3, -0.25) is 19.2 Å². The van der Waals surface area contributed by atoms with Crippen LogP contribution in [0.1, 0.15) is 41.2 Å². The predicted octanol–water partition coefficient (Wildman–Crippen LogP) is 1.70. The maximum atomic E-state index is 14.7. The number of hydroxylamine groups is 2. The Morgan fingerprint density at radius 3 is 2.40 bits per heavy atom. The number of allylic oxidation sites excluding steroid dienone is 1. The van der Waals surface area contributed by atoms with Crippen molar-refractivity contribution in [1.29, 1.82) is 0 Å². The first-order valence-corrected chi connectivity index (χ1v) is 18.1. The van der Waals surface area contributed by atoms with Crippen molar-refractivity contribution in [3.8, 4) is 5.75 Å². The number of para-hydroxylation sites is 1. The van der Waals surface area contributed by atoms with Crippen molar-refractivity contribution < 1.29 is 48.8 Å². The fraction of sp³-hybridized carbons (Fsp3) is 0.425. The van der Waals surface area contributed by atoms with Gasteiger partial charge in [-0.1, -0.05) is 78.9 Å². The highest BCUT2D eigenvalue weighted by Gasteiger charge is 2.76. The zero-order chi connectivity index (χ0) is 36.9. The Kier molecular flexibility index (Phi) is 9.34. The van der Waals surface area contributed by atoms with Crippen molar-refractivity contribution >= 4 is 23.9 Å². The molecule has 3 heterocycles. The molecule has 4 fully saturated rings. The second-order valence-corrected chi connectivity index (χ2v) is 14.6. The van der Waals surface area contributed by atoms with Crippen LogP contribution in [-0.4, -0.2) is 99.7 Å². The van der Waals surface area contributed by atoms with Crippen LogP contribution in [0.25, 0.3) is 6.08 Å². The molecule has 13 nitrogen and oxygen atoms in total. The monoisotopic (exact) mass is 725 g/mol. The summed E-state index contributed by atoms with van der Waals surface area (Å²) in [6.07, 6.45) is 0.908. The Bertz CT molecular complexity index is 1890. The summed E-state index contributed by atoms with van der Waals surface area (Å²) in [4.78, 5) is 48.4. The van der Waals surface area contributed by atoms with Gasteiger partial charge < -0.3 is 40.2 Å². The Morgan fingerprint density at radius 2 is 1.70 bits per heavy atom. The third-order valence-electron chi connectivity index (χ3n) is 11.1. The number of ether oxygens (including phenoxy) is 3. The number of esters is 1. The van der Waals surface area contributed by atoms with Gasteiger partial charge in [0, 0.05) is 25.8 Å². The molecular formula is C40H43N3O10. The standard InChI is InChI=1S/C40H43N3O10/c1-23(45)31(36(47)41-17-18-44)42-38(49)40-21-30-32-33(52-39(51-32)19-27-9-2-3-10-28(27)20-39)35(40)53-43(34(40)37(48)50-30)22-25-15-13-24(14-16-25)7-6-11-26-8-4-5-12-29(26)46/h2-10,12-16,23,30-35,44-46H,11,17-22H2,1H3,(H,41,47)(H,42,49)/t23-,30+,31+,32-,33-,34-,35+,40-/m0/s1. The molecule has 3 aromatic carbocycles. The van der Waals surface area contributed by atoms with E-state index in [0.29, 0.717) is 19.3 Å². The second-order valence-electron chi connectivity index (χ2n) is 14.6. The fourth-order valence-corrected chi connectivity index (χ4v) is 8.65. The first-order chi connectivity index (χ1) is 25.6. The Labute approximate surface area is 306 Å². The number of nitrogens with zero attached hydrogens (tertiary/aromatic N) is 1. The van der Waals surface area contributed by atoms with E-state index < -0.39 is 71.6 Å². The van der Waals surface area contributed by atoms with E-state index in [9.17, 15) is 29.7 Å². The van der Waals surface area contributed by atoms with E-state index in [0.717, 1.165) is 27.8 Å². The minimum atomic E-state index is -1.56. The summed E-state index contributed by atoms with van der Waals surface area (Å²) in [5, 5.41) is 36.6. The van der Waals surface area contributed by atoms with Crippen LogP contribution in [0.5, 0.6) is 5.75 Å². The lowest BCUT2D eigenvalue weighted by Gasteiger charge is -2.49. The summed E-state index contributed by atoms with van der Waals surface area (Å²) in [7, 11) is 0. The van der Waals surface area contributed by atoms with E-state index in [1.807, 2.05) is 72.8 Å². The first kappa shape index (κ1) is 35.4. The molecule has 2 amide bonds. The molecule has 0 radical (unpaired) electrons. The molecule has 3 aromatic rings. The number of nitrogens with one attached hydrogen (secondary N) is 2. The third-order valence-corrected chi connectivity index (χ3v) is 11.1. The number of phenolic OH excluding ortho intramolecular Hbond substituents is 1.